The Morgan fingerprint density at radius 2 is 1.89 bits per heavy atom. The Labute approximate surface area is 215 Å². The van der Waals surface area contributed by atoms with Crippen LogP contribution in [0.3, 0.4) is 0 Å². The molecule has 1 unspecified atom stereocenters. The van der Waals surface area contributed by atoms with Gasteiger partial charge in [-0.2, -0.15) is 0 Å². The van der Waals surface area contributed by atoms with Crippen LogP contribution in [0, 0.1) is 0 Å². The molecule has 0 saturated carbocycles. The Morgan fingerprint density at radius 3 is 2.56 bits per heavy atom. The van der Waals surface area contributed by atoms with Gasteiger partial charge in [0.05, 0.1) is 23.5 Å². The molecule has 2 aromatic carbocycles. The Bertz CT molecular complexity index is 1450. The molecule has 1 atom stereocenters. The minimum Gasteiger partial charge on any atom is -0.467 e. The van der Waals surface area contributed by atoms with E-state index in [4.69, 9.17) is 4.42 Å². The maximum atomic E-state index is 12.7. The Kier molecular flexibility index (Phi) is 6.81. The highest BCUT2D eigenvalue weighted by Crippen LogP contribution is 2.39. The number of amides is 2. The van der Waals surface area contributed by atoms with Crippen LogP contribution in [0.2, 0.25) is 0 Å². The number of nitrogens with one attached hydrogen (secondary N) is 2. The third-order valence-electron chi connectivity index (χ3n) is 5.41. The number of nitrogens with zero attached hydrogens (tertiary/aromatic N) is 2. The van der Waals surface area contributed by atoms with Gasteiger partial charge in [-0.15, -0.1) is 23.1 Å². The van der Waals surface area contributed by atoms with E-state index in [0.29, 0.717) is 29.3 Å². The van der Waals surface area contributed by atoms with Gasteiger partial charge in [-0.05, 0) is 54.1 Å². The Balaban J connectivity index is 1.23. The first kappa shape index (κ1) is 24.1. The number of carbonyl (C=O) groups is 2. The van der Waals surface area contributed by atoms with Crippen molar-refractivity contribution in [3.8, 4) is 0 Å². The maximum Gasteiger partial charge on any atom is 0.263 e. The van der Waals surface area contributed by atoms with Crippen LogP contribution >= 0.6 is 23.1 Å². The number of hydrogen-bond acceptors (Lipinski definition) is 8. The molecule has 1 fully saturated rings. The fourth-order valence-electron chi connectivity index (χ4n) is 3.64. The summed E-state index contributed by atoms with van der Waals surface area (Å²) in [6, 6.07) is 16.6. The number of carbonyl (C=O) groups excluding carboxylic acids is 2. The summed E-state index contributed by atoms with van der Waals surface area (Å²) in [4.78, 5) is 30.9. The van der Waals surface area contributed by atoms with Crippen molar-refractivity contribution in [2.45, 2.75) is 16.8 Å². The van der Waals surface area contributed by atoms with Crippen LogP contribution in [-0.4, -0.2) is 35.9 Å². The highest BCUT2D eigenvalue weighted by molar-refractivity contribution is 8.00. The maximum absolute atomic E-state index is 12.7. The molecule has 2 aromatic heterocycles. The van der Waals surface area contributed by atoms with E-state index in [-0.39, 0.29) is 27.2 Å². The van der Waals surface area contributed by atoms with Crippen LogP contribution in [0.15, 0.2) is 87.8 Å². The number of furan rings is 1. The van der Waals surface area contributed by atoms with Crippen molar-refractivity contribution in [3.05, 3.63) is 95.4 Å². The van der Waals surface area contributed by atoms with Gasteiger partial charge in [0.1, 0.15) is 11.1 Å². The lowest BCUT2D eigenvalue weighted by molar-refractivity contribution is -0.128. The van der Waals surface area contributed by atoms with Crippen LogP contribution in [0.4, 0.5) is 10.8 Å². The molecule has 4 aromatic rings. The zero-order chi connectivity index (χ0) is 25.1. The molecule has 184 valence electrons. The minimum absolute atomic E-state index is 0.0375. The van der Waals surface area contributed by atoms with Crippen molar-refractivity contribution in [3.63, 3.8) is 0 Å². The summed E-state index contributed by atoms with van der Waals surface area (Å²) in [6.45, 7) is 0.386. The van der Waals surface area contributed by atoms with E-state index in [1.807, 2.05) is 18.2 Å². The highest BCUT2D eigenvalue weighted by Gasteiger charge is 2.33. The van der Waals surface area contributed by atoms with Gasteiger partial charge in [0.25, 0.3) is 15.9 Å². The molecule has 1 saturated heterocycles. The first-order chi connectivity index (χ1) is 17.4. The number of rotatable bonds is 8. The largest absolute Gasteiger partial charge is 0.467 e. The van der Waals surface area contributed by atoms with Crippen molar-refractivity contribution in [2.75, 3.05) is 15.8 Å². The topological polar surface area (TPSA) is 122 Å². The molecule has 0 aliphatic carbocycles. The lowest BCUT2D eigenvalue weighted by Gasteiger charge is -2.23. The van der Waals surface area contributed by atoms with Gasteiger partial charge in [-0.3, -0.25) is 14.3 Å². The van der Waals surface area contributed by atoms with Gasteiger partial charge in [-0.25, -0.2) is 13.4 Å². The van der Waals surface area contributed by atoms with Gasteiger partial charge >= 0.3 is 0 Å². The summed E-state index contributed by atoms with van der Waals surface area (Å²) >= 11 is 2.71. The molecule has 9 nitrogen and oxygen atoms in total. The summed E-state index contributed by atoms with van der Waals surface area (Å²) in [6.07, 6.45) is 3.09. The second kappa shape index (κ2) is 10.2. The van der Waals surface area contributed by atoms with Gasteiger partial charge in [0.2, 0.25) is 5.91 Å². The third kappa shape index (κ3) is 5.30. The summed E-state index contributed by atoms with van der Waals surface area (Å²) in [7, 11) is -3.77. The van der Waals surface area contributed by atoms with Crippen LogP contribution < -0.4 is 10.0 Å². The standard InChI is InChI=1S/C24H20N4O5S3/c29-21-15-35-23(28(21)14-19-2-1-12-33-19)17-5-3-16(4-6-17)22(30)26-18-7-9-20(10-8-18)36(31,32)27-24-25-11-13-34-24/h1-13,23H,14-15H2,(H,25,27)(H,26,30). The van der Waals surface area contributed by atoms with Crippen molar-refractivity contribution in [1.29, 1.82) is 0 Å². The Hall–Kier alpha value is -3.61. The van der Waals surface area contributed by atoms with Crippen molar-refractivity contribution >= 4 is 55.8 Å². The fraction of sp³-hybridized carbons (Fsp3) is 0.125. The van der Waals surface area contributed by atoms with Crippen LogP contribution in [0.25, 0.3) is 0 Å². The van der Waals surface area contributed by atoms with Crippen molar-refractivity contribution < 1.29 is 22.4 Å². The first-order valence-electron chi connectivity index (χ1n) is 10.8. The predicted molar refractivity (Wildman–Crippen MR) is 138 cm³/mol. The number of anilines is 2. The van der Waals surface area contributed by atoms with E-state index in [2.05, 4.69) is 15.0 Å². The lowest BCUT2D eigenvalue weighted by Crippen LogP contribution is -2.27. The number of sulfonamides is 1. The zero-order valence-electron chi connectivity index (χ0n) is 18.7. The monoisotopic (exact) mass is 540 g/mol. The zero-order valence-corrected chi connectivity index (χ0v) is 21.1. The average Bonchev–Trinajstić information content (AvgIpc) is 3.64. The second-order valence-corrected chi connectivity index (χ2v) is 11.5. The highest BCUT2D eigenvalue weighted by atomic mass is 32.2. The van der Waals surface area contributed by atoms with Gasteiger partial charge in [-0.1, -0.05) is 12.1 Å². The number of hydrogen-bond donors (Lipinski definition) is 2. The molecule has 2 amide bonds. The smallest absolute Gasteiger partial charge is 0.263 e. The first-order valence-corrected chi connectivity index (χ1v) is 14.2. The molecular formula is C24H20N4O5S3. The summed E-state index contributed by atoms with van der Waals surface area (Å²) in [5.41, 5.74) is 1.81. The number of thiazole rings is 1. The number of benzene rings is 2. The van der Waals surface area contributed by atoms with Crippen LogP contribution in [0.5, 0.6) is 0 Å². The summed E-state index contributed by atoms with van der Waals surface area (Å²) in [5, 5.41) is 4.56. The molecule has 5 rings (SSSR count). The Morgan fingerprint density at radius 1 is 1.11 bits per heavy atom. The second-order valence-electron chi connectivity index (χ2n) is 7.81. The SMILES string of the molecule is O=C(Nc1ccc(S(=O)(=O)Nc2nccs2)cc1)c1ccc(C2SCC(=O)N2Cc2ccco2)cc1. The van der Waals surface area contributed by atoms with Crippen LogP contribution in [0.1, 0.15) is 27.1 Å². The van der Waals surface area contributed by atoms with E-state index in [0.717, 1.165) is 5.56 Å². The predicted octanol–water partition coefficient (Wildman–Crippen LogP) is 4.56. The molecule has 1 aliphatic heterocycles. The molecule has 2 N–H and O–H groups in total. The average molecular weight is 541 g/mol. The normalized spacial score (nSPS) is 15.7. The molecule has 1 aliphatic rings. The van der Waals surface area contributed by atoms with Gasteiger partial charge in [0.15, 0.2) is 5.13 Å². The van der Waals surface area contributed by atoms with E-state index in [1.54, 1.807) is 34.7 Å². The lowest BCUT2D eigenvalue weighted by atomic mass is 10.1. The fourth-order valence-corrected chi connectivity index (χ4v) is 6.62. The van der Waals surface area contributed by atoms with E-state index in [1.165, 1.54) is 53.6 Å². The number of thioether (sulfide) groups is 1. The van der Waals surface area contributed by atoms with E-state index in [9.17, 15) is 18.0 Å². The molecule has 0 radical (unpaired) electrons. The third-order valence-corrected chi connectivity index (χ3v) is 8.84. The molecule has 12 heteroatoms. The number of aromatic nitrogens is 1. The molecule has 36 heavy (non-hydrogen) atoms. The van der Waals surface area contributed by atoms with Crippen LogP contribution in [-0.2, 0) is 21.4 Å². The van der Waals surface area contributed by atoms with E-state index < -0.39 is 10.0 Å². The molecule has 3 heterocycles. The quantitative estimate of drug-likeness (QED) is 0.336. The summed E-state index contributed by atoms with van der Waals surface area (Å²) < 4.78 is 32.7. The molecule has 0 bridgehead atoms. The molecular weight excluding hydrogens is 520 g/mol. The summed E-state index contributed by atoms with van der Waals surface area (Å²) in [5.74, 6) is 0.805. The van der Waals surface area contributed by atoms with Crippen molar-refractivity contribution in [1.82, 2.24) is 9.88 Å². The van der Waals surface area contributed by atoms with Crippen molar-refractivity contribution in [2.24, 2.45) is 0 Å². The molecule has 0 spiro atoms. The van der Waals surface area contributed by atoms with Gasteiger partial charge < -0.3 is 14.6 Å². The van der Waals surface area contributed by atoms with E-state index >= 15 is 0 Å². The van der Waals surface area contributed by atoms with Gasteiger partial charge in [0, 0.05) is 22.8 Å². The minimum atomic E-state index is -3.77.